The van der Waals surface area contributed by atoms with Gasteiger partial charge in [-0.25, -0.2) is 10.8 Å². The van der Waals surface area contributed by atoms with Crippen molar-refractivity contribution >= 4 is 16.9 Å². The van der Waals surface area contributed by atoms with Crippen LogP contribution in [-0.4, -0.2) is 27.9 Å². The number of nitrogens with two attached hydrogens (primary N) is 1. The van der Waals surface area contributed by atoms with Crippen molar-refractivity contribution in [3.63, 3.8) is 0 Å². The van der Waals surface area contributed by atoms with E-state index in [4.69, 9.17) is 5.84 Å². The van der Waals surface area contributed by atoms with Gasteiger partial charge in [0.2, 0.25) is 5.91 Å². The Morgan fingerprint density at radius 2 is 2.22 bits per heavy atom. The number of nitrogens with one attached hydrogen (secondary N) is 1. The Bertz CT molecular complexity index is 661. The zero-order valence-electron chi connectivity index (χ0n) is 10.2. The van der Waals surface area contributed by atoms with Gasteiger partial charge in [-0.15, -0.1) is 0 Å². The van der Waals surface area contributed by atoms with E-state index in [1.165, 1.54) is 7.05 Å². The summed E-state index contributed by atoms with van der Waals surface area (Å²) in [5.74, 6) is 4.95. The number of H-pyrrole nitrogens is 1. The Hall–Kier alpha value is -2.21. The molecule has 94 valence electrons. The van der Waals surface area contributed by atoms with Gasteiger partial charge in [0.1, 0.15) is 5.69 Å². The van der Waals surface area contributed by atoms with Crippen LogP contribution in [0.2, 0.25) is 0 Å². The van der Waals surface area contributed by atoms with Gasteiger partial charge in [0, 0.05) is 7.05 Å². The number of aryl methyl sites for hydroxylation is 1. The van der Waals surface area contributed by atoms with Crippen molar-refractivity contribution in [2.24, 2.45) is 5.84 Å². The van der Waals surface area contributed by atoms with Gasteiger partial charge < -0.3 is 4.98 Å². The Labute approximate surface area is 103 Å². The maximum Gasteiger partial charge on any atom is 0.270 e. The summed E-state index contributed by atoms with van der Waals surface area (Å²) in [6.45, 7) is 1.94. The summed E-state index contributed by atoms with van der Waals surface area (Å²) in [6.07, 6.45) is -0.105. The van der Waals surface area contributed by atoms with Crippen molar-refractivity contribution in [2.75, 3.05) is 7.05 Å². The number of aromatic amines is 1. The average molecular weight is 246 g/mol. The zero-order valence-corrected chi connectivity index (χ0v) is 10.2. The van der Waals surface area contributed by atoms with Crippen LogP contribution in [0, 0.1) is 6.92 Å². The van der Waals surface area contributed by atoms with E-state index in [1.54, 1.807) is 6.07 Å². The Kier molecular flexibility index (Phi) is 3.12. The van der Waals surface area contributed by atoms with Crippen LogP contribution < -0.4 is 11.4 Å². The Balaban J connectivity index is 2.48. The molecule has 2 rings (SSSR count). The minimum atomic E-state index is -0.361. The van der Waals surface area contributed by atoms with E-state index in [1.807, 2.05) is 19.1 Å². The standard InChI is InChI=1S/C12H14N4O2/c1-7-3-4-8-9(5-7)14-10(12(18)15-8)6-11(17)16(2)13/h3-5H,6,13H2,1-2H3,(H,15,18). The number of hydrogen-bond donors (Lipinski definition) is 2. The molecule has 1 aromatic carbocycles. The van der Waals surface area contributed by atoms with Crippen molar-refractivity contribution in [3.05, 3.63) is 39.8 Å². The topological polar surface area (TPSA) is 92.1 Å². The van der Waals surface area contributed by atoms with Gasteiger partial charge in [-0.05, 0) is 24.6 Å². The summed E-state index contributed by atoms with van der Waals surface area (Å²) in [7, 11) is 1.43. The first-order valence-electron chi connectivity index (χ1n) is 5.48. The molecule has 1 heterocycles. The summed E-state index contributed by atoms with van der Waals surface area (Å²) < 4.78 is 0. The highest BCUT2D eigenvalue weighted by molar-refractivity contribution is 5.79. The number of benzene rings is 1. The lowest BCUT2D eigenvalue weighted by Gasteiger charge is -2.09. The fourth-order valence-electron chi connectivity index (χ4n) is 1.62. The minimum Gasteiger partial charge on any atom is -0.319 e. The quantitative estimate of drug-likeness (QED) is 0.447. The highest BCUT2D eigenvalue weighted by Crippen LogP contribution is 2.10. The molecular weight excluding hydrogens is 232 g/mol. The molecule has 0 bridgehead atoms. The predicted molar refractivity (Wildman–Crippen MR) is 67.8 cm³/mol. The van der Waals surface area contributed by atoms with Crippen LogP contribution in [0.4, 0.5) is 0 Å². The molecule has 1 aromatic heterocycles. The van der Waals surface area contributed by atoms with Crippen LogP contribution in [-0.2, 0) is 11.2 Å². The molecule has 0 saturated heterocycles. The molecule has 0 fully saturated rings. The number of carbonyl (C=O) groups is 1. The summed E-state index contributed by atoms with van der Waals surface area (Å²) in [5.41, 5.74) is 2.17. The van der Waals surface area contributed by atoms with E-state index in [-0.39, 0.29) is 23.6 Å². The van der Waals surface area contributed by atoms with Gasteiger partial charge in [0.05, 0.1) is 17.5 Å². The summed E-state index contributed by atoms with van der Waals surface area (Å²) in [6, 6.07) is 5.53. The van der Waals surface area contributed by atoms with Crippen LogP contribution in [0.25, 0.3) is 11.0 Å². The second-order valence-corrected chi connectivity index (χ2v) is 4.21. The monoisotopic (exact) mass is 246 g/mol. The maximum atomic E-state index is 11.7. The van der Waals surface area contributed by atoms with Crippen LogP contribution in [0.1, 0.15) is 11.3 Å². The van der Waals surface area contributed by atoms with Crippen LogP contribution in [0.15, 0.2) is 23.0 Å². The number of hydrazine groups is 1. The van der Waals surface area contributed by atoms with E-state index < -0.39 is 0 Å². The molecule has 3 N–H and O–H groups in total. The molecule has 0 aliphatic rings. The predicted octanol–water partition coefficient (Wildman–Crippen LogP) is 0.106. The van der Waals surface area contributed by atoms with Crippen molar-refractivity contribution in [2.45, 2.75) is 13.3 Å². The molecule has 0 unspecified atom stereocenters. The van der Waals surface area contributed by atoms with Crippen molar-refractivity contribution < 1.29 is 4.79 Å². The number of fused-ring (bicyclic) bond motifs is 1. The second kappa shape index (κ2) is 4.58. The number of amides is 1. The second-order valence-electron chi connectivity index (χ2n) is 4.21. The first-order valence-corrected chi connectivity index (χ1v) is 5.48. The van der Waals surface area contributed by atoms with E-state index in [9.17, 15) is 9.59 Å². The van der Waals surface area contributed by atoms with Gasteiger partial charge in [-0.1, -0.05) is 6.07 Å². The fourth-order valence-corrected chi connectivity index (χ4v) is 1.62. The first-order chi connectivity index (χ1) is 8.47. The largest absolute Gasteiger partial charge is 0.319 e. The molecule has 1 amide bonds. The SMILES string of the molecule is Cc1ccc2[nH]c(=O)c(CC(=O)N(C)N)nc2c1. The number of carbonyl (C=O) groups excluding carboxylic acids is 1. The number of rotatable bonds is 2. The van der Waals surface area contributed by atoms with E-state index >= 15 is 0 Å². The van der Waals surface area contributed by atoms with E-state index in [0.717, 1.165) is 10.6 Å². The van der Waals surface area contributed by atoms with Crippen molar-refractivity contribution in [1.29, 1.82) is 0 Å². The number of aromatic nitrogens is 2. The van der Waals surface area contributed by atoms with Gasteiger partial charge in [-0.3, -0.25) is 14.6 Å². The molecule has 0 aliphatic carbocycles. The lowest BCUT2D eigenvalue weighted by Crippen LogP contribution is -2.36. The highest BCUT2D eigenvalue weighted by Gasteiger charge is 2.12. The molecule has 6 heteroatoms. The van der Waals surface area contributed by atoms with Crippen LogP contribution >= 0.6 is 0 Å². The molecule has 18 heavy (non-hydrogen) atoms. The Morgan fingerprint density at radius 1 is 1.50 bits per heavy atom. The Morgan fingerprint density at radius 3 is 2.89 bits per heavy atom. The number of nitrogens with zero attached hydrogens (tertiary/aromatic N) is 2. The number of hydrogen-bond acceptors (Lipinski definition) is 4. The fraction of sp³-hybridized carbons (Fsp3) is 0.250. The van der Waals surface area contributed by atoms with E-state index in [0.29, 0.717) is 11.0 Å². The molecule has 0 spiro atoms. The first kappa shape index (κ1) is 12.3. The third-order valence-corrected chi connectivity index (χ3v) is 2.63. The molecule has 6 nitrogen and oxygen atoms in total. The van der Waals surface area contributed by atoms with Gasteiger partial charge in [0.25, 0.3) is 5.56 Å². The minimum absolute atomic E-state index is 0.105. The van der Waals surface area contributed by atoms with Gasteiger partial charge in [0.15, 0.2) is 0 Å². The third-order valence-electron chi connectivity index (χ3n) is 2.63. The maximum absolute atomic E-state index is 11.7. The zero-order chi connectivity index (χ0) is 13.3. The molecular formula is C12H14N4O2. The highest BCUT2D eigenvalue weighted by atomic mass is 16.2. The normalized spacial score (nSPS) is 10.6. The van der Waals surface area contributed by atoms with E-state index in [2.05, 4.69) is 9.97 Å². The molecule has 0 saturated carbocycles. The summed E-state index contributed by atoms with van der Waals surface area (Å²) >= 11 is 0. The van der Waals surface area contributed by atoms with Crippen molar-refractivity contribution in [3.8, 4) is 0 Å². The average Bonchev–Trinajstić information content (AvgIpc) is 2.30. The van der Waals surface area contributed by atoms with Crippen LogP contribution in [0.5, 0.6) is 0 Å². The van der Waals surface area contributed by atoms with Crippen LogP contribution in [0.3, 0.4) is 0 Å². The molecule has 0 radical (unpaired) electrons. The lowest BCUT2D eigenvalue weighted by molar-refractivity contribution is -0.129. The summed E-state index contributed by atoms with van der Waals surface area (Å²) in [5, 5.41) is 0.946. The smallest absolute Gasteiger partial charge is 0.270 e. The van der Waals surface area contributed by atoms with Gasteiger partial charge in [-0.2, -0.15) is 0 Å². The summed E-state index contributed by atoms with van der Waals surface area (Å²) in [4.78, 5) is 30.1. The number of likely N-dealkylation sites (N-methyl/N-ethyl adjacent to an activating group) is 1. The van der Waals surface area contributed by atoms with Gasteiger partial charge >= 0.3 is 0 Å². The third kappa shape index (κ3) is 2.38. The molecule has 0 atom stereocenters. The lowest BCUT2D eigenvalue weighted by atomic mass is 10.2. The molecule has 0 aliphatic heterocycles. The molecule has 2 aromatic rings. The van der Waals surface area contributed by atoms with Crippen molar-refractivity contribution in [1.82, 2.24) is 15.0 Å².